The van der Waals surface area contributed by atoms with Crippen LogP contribution in [0.15, 0.2) is 0 Å². The predicted octanol–water partition coefficient (Wildman–Crippen LogP) is 2.50. The van der Waals surface area contributed by atoms with Crippen LogP contribution in [0.5, 0.6) is 0 Å². The van der Waals surface area contributed by atoms with Gasteiger partial charge in [-0.3, -0.25) is 0 Å². The fourth-order valence-electron chi connectivity index (χ4n) is 1.89. The van der Waals surface area contributed by atoms with Gasteiger partial charge >= 0.3 is 0 Å². The van der Waals surface area contributed by atoms with Gasteiger partial charge < -0.3 is 10.2 Å². The van der Waals surface area contributed by atoms with Gasteiger partial charge in [-0.15, -0.1) is 11.8 Å². The van der Waals surface area contributed by atoms with E-state index in [-0.39, 0.29) is 0 Å². The number of nitrogens with one attached hydrogen (secondary N) is 1. The molecule has 0 heterocycles. The molecule has 0 aliphatic carbocycles. The Bertz CT molecular complexity index is 199. The molecule has 0 fully saturated rings. The molecule has 0 aromatic carbocycles. The molecule has 0 aromatic rings. The van der Waals surface area contributed by atoms with E-state index in [0.717, 1.165) is 26.1 Å². The summed E-state index contributed by atoms with van der Waals surface area (Å²) in [5.74, 6) is 6.11. The van der Waals surface area contributed by atoms with Gasteiger partial charge in [-0.2, -0.15) is 0 Å². The third kappa shape index (κ3) is 7.73. The molecule has 16 heavy (non-hydrogen) atoms. The van der Waals surface area contributed by atoms with Gasteiger partial charge in [0, 0.05) is 12.5 Å². The first-order valence-corrected chi connectivity index (χ1v) is 6.63. The number of nitrogens with zero attached hydrogens (tertiary/aromatic N) is 1. The molecule has 0 bridgehead atoms. The van der Waals surface area contributed by atoms with Gasteiger partial charge in [0.15, 0.2) is 0 Å². The molecule has 94 valence electrons. The van der Waals surface area contributed by atoms with Gasteiger partial charge in [0.05, 0.1) is 0 Å². The molecule has 0 radical (unpaired) electrons. The van der Waals surface area contributed by atoms with E-state index >= 15 is 0 Å². The Hall–Kier alpha value is -0.520. The maximum atomic E-state index is 3.55. The van der Waals surface area contributed by atoms with Crippen LogP contribution in [0.2, 0.25) is 0 Å². The monoisotopic (exact) mass is 224 g/mol. The minimum Gasteiger partial charge on any atom is -0.314 e. The highest BCUT2D eigenvalue weighted by Crippen LogP contribution is 2.03. The molecule has 0 saturated heterocycles. The van der Waals surface area contributed by atoms with Crippen molar-refractivity contribution in [3.05, 3.63) is 0 Å². The minimum absolute atomic E-state index is 0.631. The molecule has 0 aliphatic rings. The predicted molar refractivity (Wildman–Crippen MR) is 72.6 cm³/mol. The van der Waals surface area contributed by atoms with Gasteiger partial charge in [-0.25, -0.2) is 0 Å². The summed E-state index contributed by atoms with van der Waals surface area (Å²) in [5, 5.41) is 3.55. The molecule has 0 saturated carbocycles. The third-order valence-electron chi connectivity index (χ3n) is 2.98. The maximum absolute atomic E-state index is 3.55. The van der Waals surface area contributed by atoms with Crippen LogP contribution in [0.25, 0.3) is 0 Å². The van der Waals surface area contributed by atoms with Crippen LogP contribution in [-0.2, 0) is 0 Å². The highest BCUT2D eigenvalue weighted by molar-refractivity contribution is 4.95. The van der Waals surface area contributed by atoms with E-state index in [1.54, 1.807) is 0 Å². The van der Waals surface area contributed by atoms with Crippen molar-refractivity contribution in [2.24, 2.45) is 0 Å². The summed E-state index contributed by atoms with van der Waals surface area (Å²) in [6.45, 7) is 13.1. The number of hydrogen-bond donors (Lipinski definition) is 1. The first kappa shape index (κ1) is 15.5. The van der Waals surface area contributed by atoms with Gasteiger partial charge in [-0.05, 0) is 45.9 Å². The summed E-state index contributed by atoms with van der Waals surface area (Å²) in [6, 6.07) is 0.631. The lowest BCUT2D eigenvalue weighted by Gasteiger charge is -2.22. The Morgan fingerprint density at radius 1 is 1.12 bits per heavy atom. The topological polar surface area (TPSA) is 15.3 Å². The van der Waals surface area contributed by atoms with Gasteiger partial charge in [0.1, 0.15) is 0 Å². The first-order chi connectivity index (χ1) is 7.78. The van der Waals surface area contributed by atoms with Crippen LogP contribution in [0.3, 0.4) is 0 Å². The zero-order valence-electron chi connectivity index (χ0n) is 11.5. The molecule has 0 aromatic heterocycles. The van der Waals surface area contributed by atoms with E-state index in [4.69, 9.17) is 0 Å². The summed E-state index contributed by atoms with van der Waals surface area (Å²) < 4.78 is 0. The fourth-order valence-corrected chi connectivity index (χ4v) is 1.89. The van der Waals surface area contributed by atoms with E-state index in [2.05, 4.69) is 42.8 Å². The SMILES string of the molecule is CC#CCCC(CCN(CC)CC)NCC. The van der Waals surface area contributed by atoms with Crippen LogP contribution in [0, 0.1) is 11.8 Å². The summed E-state index contributed by atoms with van der Waals surface area (Å²) in [5.41, 5.74) is 0. The Labute approximate surface area is 102 Å². The zero-order valence-corrected chi connectivity index (χ0v) is 11.5. The summed E-state index contributed by atoms with van der Waals surface area (Å²) in [7, 11) is 0. The van der Waals surface area contributed by atoms with Crippen molar-refractivity contribution in [2.75, 3.05) is 26.2 Å². The van der Waals surface area contributed by atoms with Gasteiger partial charge in [0.2, 0.25) is 0 Å². The maximum Gasteiger partial charge on any atom is 0.0103 e. The second-order valence-electron chi connectivity index (χ2n) is 4.04. The van der Waals surface area contributed by atoms with E-state index < -0.39 is 0 Å². The third-order valence-corrected chi connectivity index (χ3v) is 2.98. The lowest BCUT2D eigenvalue weighted by molar-refractivity contribution is 0.278. The van der Waals surface area contributed by atoms with Crippen LogP contribution >= 0.6 is 0 Å². The molecule has 0 spiro atoms. The number of rotatable bonds is 9. The average molecular weight is 224 g/mol. The first-order valence-electron chi connectivity index (χ1n) is 6.63. The Balaban J connectivity index is 3.85. The lowest BCUT2D eigenvalue weighted by Crippen LogP contribution is -2.34. The van der Waals surface area contributed by atoms with Gasteiger partial charge in [-0.1, -0.05) is 20.8 Å². The lowest BCUT2D eigenvalue weighted by atomic mass is 10.1. The van der Waals surface area contributed by atoms with Crippen LogP contribution in [0.4, 0.5) is 0 Å². The van der Waals surface area contributed by atoms with E-state index in [1.807, 2.05) is 6.92 Å². The normalized spacial score (nSPS) is 12.3. The quantitative estimate of drug-likeness (QED) is 0.605. The number of hydrogen-bond acceptors (Lipinski definition) is 2. The Morgan fingerprint density at radius 3 is 2.31 bits per heavy atom. The summed E-state index contributed by atoms with van der Waals surface area (Å²) >= 11 is 0. The molecular weight excluding hydrogens is 196 g/mol. The van der Waals surface area contributed by atoms with Crippen molar-refractivity contribution >= 4 is 0 Å². The molecule has 0 amide bonds. The van der Waals surface area contributed by atoms with Crippen molar-refractivity contribution in [3.8, 4) is 11.8 Å². The molecule has 2 heteroatoms. The average Bonchev–Trinajstić information content (AvgIpc) is 2.30. The smallest absolute Gasteiger partial charge is 0.0103 e. The minimum atomic E-state index is 0.631. The zero-order chi connectivity index (χ0) is 12.2. The molecule has 0 rings (SSSR count). The second-order valence-corrected chi connectivity index (χ2v) is 4.04. The Kier molecular flexibility index (Phi) is 10.6. The van der Waals surface area contributed by atoms with Crippen LogP contribution in [-0.4, -0.2) is 37.1 Å². The Morgan fingerprint density at radius 2 is 1.81 bits per heavy atom. The van der Waals surface area contributed by atoms with Crippen molar-refractivity contribution < 1.29 is 0 Å². The van der Waals surface area contributed by atoms with E-state index in [0.29, 0.717) is 6.04 Å². The summed E-state index contributed by atoms with van der Waals surface area (Å²) in [4.78, 5) is 2.48. The van der Waals surface area contributed by atoms with Crippen molar-refractivity contribution in [3.63, 3.8) is 0 Å². The highest BCUT2D eigenvalue weighted by Gasteiger charge is 2.08. The molecule has 0 aliphatic heterocycles. The molecule has 1 N–H and O–H groups in total. The molecule has 1 unspecified atom stereocenters. The van der Waals surface area contributed by atoms with Crippen molar-refractivity contribution in [1.29, 1.82) is 0 Å². The van der Waals surface area contributed by atoms with Crippen LogP contribution in [0.1, 0.15) is 47.0 Å². The van der Waals surface area contributed by atoms with E-state index in [9.17, 15) is 0 Å². The largest absolute Gasteiger partial charge is 0.314 e. The van der Waals surface area contributed by atoms with Gasteiger partial charge in [0.25, 0.3) is 0 Å². The molecule has 1 atom stereocenters. The summed E-state index contributed by atoms with van der Waals surface area (Å²) in [6.07, 6.45) is 3.43. The molecule has 2 nitrogen and oxygen atoms in total. The fraction of sp³-hybridized carbons (Fsp3) is 0.857. The van der Waals surface area contributed by atoms with Crippen molar-refractivity contribution in [2.45, 2.75) is 53.0 Å². The highest BCUT2D eigenvalue weighted by atomic mass is 15.1. The standard InChI is InChI=1S/C14H28N2/c1-5-9-10-11-14(15-6-2)12-13-16(7-3)8-4/h14-15H,6-8,10-13H2,1-4H3. The van der Waals surface area contributed by atoms with E-state index in [1.165, 1.54) is 19.4 Å². The second kappa shape index (κ2) is 11.0. The van der Waals surface area contributed by atoms with Crippen molar-refractivity contribution in [1.82, 2.24) is 10.2 Å². The van der Waals surface area contributed by atoms with Crippen LogP contribution < -0.4 is 5.32 Å². The molecular formula is C14H28N2.